The zero-order valence-electron chi connectivity index (χ0n) is 14.1. The van der Waals surface area contributed by atoms with Crippen molar-refractivity contribution < 1.29 is 0 Å². The van der Waals surface area contributed by atoms with Gasteiger partial charge in [-0.1, -0.05) is 32.4 Å². The highest BCUT2D eigenvalue weighted by molar-refractivity contribution is 7.99. The second-order valence-electron chi connectivity index (χ2n) is 5.95. The fraction of sp³-hybridized carbons (Fsp3) is 0.812. The normalized spacial score (nSPS) is 13.1. The Morgan fingerprint density at radius 3 is 2.57 bits per heavy atom. The molecule has 0 saturated heterocycles. The maximum absolute atomic E-state index is 6.44. The summed E-state index contributed by atoms with van der Waals surface area (Å²) in [6, 6.07) is 0.465. The van der Waals surface area contributed by atoms with Crippen LogP contribution in [-0.2, 0) is 13.0 Å². The van der Waals surface area contributed by atoms with Crippen LogP contribution in [0.5, 0.6) is 0 Å². The summed E-state index contributed by atoms with van der Waals surface area (Å²) < 4.78 is 2.05. The summed E-state index contributed by atoms with van der Waals surface area (Å²) in [5.41, 5.74) is 2.12. The van der Waals surface area contributed by atoms with E-state index in [1.54, 1.807) is 0 Å². The third-order valence-electron chi connectivity index (χ3n) is 3.35. The van der Waals surface area contributed by atoms with Gasteiger partial charge in [0.15, 0.2) is 0 Å². The minimum absolute atomic E-state index is 0.465. The Balaban J connectivity index is 2.70. The molecule has 0 saturated carbocycles. The highest BCUT2D eigenvalue weighted by Gasteiger charge is 2.17. The van der Waals surface area contributed by atoms with Gasteiger partial charge in [-0.2, -0.15) is 16.9 Å². The molecular formula is C16H30ClN3S. The quantitative estimate of drug-likeness (QED) is 0.698. The maximum atomic E-state index is 6.44. The van der Waals surface area contributed by atoms with Crippen LogP contribution >= 0.6 is 23.4 Å². The largest absolute Gasteiger partial charge is 0.313 e. The van der Waals surface area contributed by atoms with Crippen LogP contribution in [0.4, 0.5) is 0 Å². The first kappa shape index (κ1) is 18.9. The fourth-order valence-corrected chi connectivity index (χ4v) is 3.62. The van der Waals surface area contributed by atoms with Crippen molar-refractivity contribution in [3.05, 3.63) is 16.4 Å². The molecule has 0 amide bonds. The van der Waals surface area contributed by atoms with Crippen molar-refractivity contribution in [1.29, 1.82) is 0 Å². The van der Waals surface area contributed by atoms with Crippen molar-refractivity contribution >= 4 is 23.4 Å². The van der Waals surface area contributed by atoms with Gasteiger partial charge >= 0.3 is 0 Å². The minimum atomic E-state index is 0.465. The molecule has 1 unspecified atom stereocenters. The van der Waals surface area contributed by atoms with E-state index in [0.717, 1.165) is 48.3 Å². The first-order valence-electron chi connectivity index (χ1n) is 8.02. The number of aryl methyl sites for hydroxylation is 2. The highest BCUT2D eigenvalue weighted by Crippen LogP contribution is 2.22. The van der Waals surface area contributed by atoms with Gasteiger partial charge in [-0.15, -0.1) is 0 Å². The minimum Gasteiger partial charge on any atom is -0.313 e. The Bertz CT molecular complexity index is 418. The van der Waals surface area contributed by atoms with E-state index in [2.05, 4.69) is 38.1 Å². The van der Waals surface area contributed by atoms with Gasteiger partial charge in [0.05, 0.1) is 16.4 Å². The first-order valence-corrected chi connectivity index (χ1v) is 9.55. The van der Waals surface area contributed by atoms with E-state index in [1.165, 1.54) is 11.4 Å². The van der Waals surface area contributed by atoms with Crippen LogP contribution in [0.15, 0.2) is 0 Å². The Morgan fingerprint density at radius 2 is 2.00 bits per heavy atom. The predicted molar refractivity (Wildman–Crippen MR) is 95.6 cm³/mol. The molecule has 1 rings (SSSR count). The van der Waals surface area contributed by atoms with E-state index in [1.807, 2.05) is 23.4 Å². The lowest BCUT2D eigenvalue weighted by Gasteiger charge is -2.19. The highest BCUT2D eigenvalue weighted by atomic mass is 35.5. The van der Waals surface area contributed by atoms with Crippen molar-refractivity contribution in [2.45, 2.75) is 60.0 Å². The van der Waals surface area contributed by atoms with E-state index in [0.29, 0.717) is 6.04 Å². The summed E-state index contributed by atoms with van der Waals surface area (Å²) in [6.45, 7) is 12.8. The number of rotatable bonds is 10. The SMILES string of the molecule is CCCNC(CSCC(C)C)Cc1c(Cl)c(C)nn1CC. The Kier molecular flexibility index (Phi) is 8.76. The second kappa shape index (κ2) is 9.75. The van der Waals surface area contributed by atoms with Gasteiger partial charge < -0.3 is 5.32 Å². The van der Waals surface area contributed by atoms with Crippen LogP contribution in [0.3, 0.4) is 0 Å². The number of nitrogens with one attached hydrogen (secondary N) is 1. The Morgan fingerprint density at radius 1 is 1.29 bits per heavy atom. The predicted octanol–water partition coefficient (Wildman–Crippen LogP) is 4.16. The maximum Gasteiger partial charge on any atom is 0.0847 e. The third kappa shape index (κ3) is 6.21. The van der Waals surface area contributed by atoms with E-state index in [4.69, 9.17) is 11.6 Å². The average molecular weight is 332 g/mol. The molecule has 0 aliphatic carbocycles. The molecule has 0 radical (unpaired) electrons. The van der Waals surface area contributed by atoms with Crippen LogP contribution in [0.25, 0.3) is 0 Å². The molecule has 21 heavy (non-hydrogen) atoms. The zero-order chi connectivity index (χ0) is 15.8. The molecule has 1 aromatic heterocycles. The van der Waals surface area contributed by atoms with Crippen LogP contribution in [0, 0.1) is 12.8 Å². The van der Waals surface area contributed by atoms with Crippen LogP contribution in [-0.4, -0.2) is 33.9 Å². The lowest BCUT2D eigenvalue weighted by Crippen LogP contribution is -2.35. The Hall–Kier alpha value is -0.190. The number of hydrogen-bond donors (Lipinski definition) is 1. The lowest BCUT2D eigenvalue weighted by atomic mass is 10.1. The molecule has 0 fully saturated rings. The van der Waals surface area contributed by atoms with Gasteiger partial charge in [-0.3, -0.25) is 4.68 Å². The monoisotopic (exact) mass is 331 g/mol. The number of nitrogens with zero attached hydrogens (tertiary/aromatic N) is 2. The summed E-state index contributed by atoms with van der Waals surface area (Å²) in [5, 5.41) is 9.02. The molecule has 1 N–H and O–H groups in total. The van der Waals surface area contributed by atoms with Gasteiger partial charge in [0.1, 0.15) is 0 Å². The first-order chi connectivity index (χ1) is 9.99. The number of thioether (sulfide) groups is 1. The van der Waals surface area contributed by atoms with Crippen molar-refractivity contribution in [3.8, 4) is 0 Å². The van der Waals surface area contributed by atoms with Crippen LogP contribution in [0.2, 0.25) is 5.02 Å². The number of hydrogen-bond acceptors (Lipinski definition) is 3. The molecule has 0 bridgehead atoms. The molecule has 122 valence electrons. The van der Waals surface area contributed by atoms with E-state index < -0.39 is 0 Å². The summed E-state index contributed by atoms with van der Waals surface area (Å²) in [7, 11) is 0. The van der Waals surface area contributed by atoms with E-state index in [9.17, 15) is 0 Å². The van der Waals surface area contributed by atoms with Gasteiger partial charge in [0.25, 0.3) is 0 Å². The van der Waals surface area contributed by atoms with E-state index >= 15 is 0 Å². The Labute approximate surface area is 139 Å². The number of aromatic nitrogens is 2. The molecule has 1 aromatic rings. The van der Waals surface area contributed by atoms with Crippen molar-refractivity contribution in [2.24, 2.45) is 5.92 Å². The topological polar surface area (TPSA) is 29.9 Å². The van der Waals surface area contributed by atoms with Gasteiger partial charge in [-0.05, 0) is 38.5 Å². The fourth-order valence-electron chi connectivity index (χ4n) is 2.28. The molecule has 1 heterocycles. The third-order valence-corrected chi connectivity index (χ3v) is 5.38. The zero-order valence-corrected chi connectivity index (χ0v) is 15.7. The summed E-state index contributed by atoms with van der Waals surface area (Å²) in [4.78, 5) is 0. The molecule has 0 spiro atoms. The van der Waals surface area contributed by atoms with Gasteiger partial charge in [0, 0.05) is 24.8 Å². The lowest BCUT2D eigenvalue weighted by molar-refractivity contribution is 0.519. The molecule has 0 aromatic carbocycles. The van der Waals surface area contributed by atoms with Gasteiger partial charge in [0.2, 0.25) is 0 Å². The number of halogens is 1. The second-order valence-corrected chi connectivity index (χ2v) is 7.40. The average Bonchev–Trinajstić information content (AvgIpc) is 2.71. The van der Waals surface area contributed by atoms with Crippen LogP contribution in [0.1, 0.15) is 45.5 Å². The molecule has 5 heteroatoms. The van der Waals surface area contributed by atoms with E-state index in [-0.39, 0.29) is 0 Å². The smallest absolute Gasteiger partial charge is 0.0847 e. The summed E-state index contributed by atoms with van der Waals surface area (Å²) >= 11 is 8.47. The molecule has 0 aliphatic heterocycles. The van der Waals surface area contributed by atoms with Crippen molar-refractivity contribution in [2.75, 3.05) is 18.1 Å². The molecular weight excluding hydrogens is 302 g/mol. The molecule has 1 atom stereocenters. The summed E-state index contributed by atoms with van der Waals surface area (Å²) in [5.74, 6) is 3.08. The molecule has 0 aliphatic rings. The van der Waals surface area contributed by atoms with Crippen molar-refractivity contribution in [3.63, 3.8) is 0 Å². The molecule has 3 nitrogen and oxygen atoms in total. The summed E-state index contributed by atoms with van der Waals surface area (Å²) in [6.07, 6.45) is 2.11. The van der Waals surface area contributed by atoms with Gasteiger partial charge in [-0.25, -0.2) is 0 Å². The van der Waals surface area contributed by atoms with Crippen LogP contribution < -0.4 is 5.32 Å². The van der Waals surface area contributed by atoms with Crippen molar-refractivity contribution in [1.82, 2.24) is 15.1 Å². The standard InChI is InChI=1S/C16H30ClN3S/c1-6-8-18-14(11-21-10-12(3)4)9-15-16(17)13(5)19-20(15)7-2/h12,14,18H,6-11H2,1-5H3.